The zero-order valence-corrected chi connectivity index (χ0v) is 77.9. The van der Waals surface area contributed by atoms with Crippen LogP contribution in [0.2, 0.25) is 0 Å². The highest BCUT2D eigenvalue weighted by Crippen LogP contribution is 2.48. The molecule has 0 saturated heterocycles. The standard InChI is InChI=1S/C46H26N4.2C45H28N2/c1-3-11-31-27(9-1)17-22-35-34-21-18-30(26-42(34)50-41-24-20-28-10-2-4-12-32(28)44(41)48-46(50)43(31)35)29-19-23-36-37(25-29)33-13-5-7-15-39(33)49-40-16-8-6-14-38(40)47-45(36)49;1-3-11-29(12-4-1)34-25-35(30-13-5-2-6-14-30)27-36(26-34)33-20-22-39-40-23-19-31-15-7-9-17-37(31)43(40)45-46-44-38-18-10-8-16-32(38)21-24-41(44)47(45)42(39)28-33;1-3-11-29(12-4-1)30-19-21-31(22-20-30)34-23-25-37-40-28-39(32-13-5-2-6-14-32)36-17-9-10-18-38(36)43(40)45-46-44-35-16-8-7-15-33(35)24-26-41(44)47(45)42(37)27-34/h1-26H;2*1-28H. The molecule has 0 aliphatic heterocycles. The Balaban J connectivity index is 0.000000101. The summed E-state index contributed by atoms with van der Waals surface area (Å²) in [5.41, 5.74) is 34.0. The third-order valence-corrected chi connectivity index (χ3v) is 30.3. The van der Waals surface area contributed by atoms with Crippen LogP contribution in [-0.4, -0.2) is 37.5 Å². The Kier molecular flexibility index (Phi) is 18.0. The van der Waals surface area contributed by atoms with Crippen molar-refractivity contribution in [2.75, 3.05) is 0 Å². The molecule has 32 aromatic rings. The SMILES string of the molecule is c1ccc(-c2cc(-c3ccccc3)cc(-c3ccc4c5ccc6ccccc6c5c5nc6c7ccccc7ccc6n5c4c3)c2)cc1.c1ccc(-c2ccc(-c3ccc4c5cc(-c6ccccc6)c6ccccc6c5c5nc6c7ccccc7ccc6n5c4c3)cc2)cc1.c1ccc2c(c1)ccc1c2nc2c3c4ccccc4ccc3c3ccc(-c4ccc5c(c4)c4ccccc4n4c6ccccc6nc54)cc3n12. The molecular weight excluding hydrogens is 1750 g/mol. The molecule has 8 heteroatoms. The smallest absolute Gasteiger partial charge is 0.147 e. The molecule has 666 valence electrons. The summed E-state index contributed by atoms with van der Waals surface area (Å²) in [4.78, 5) is 21.5. The fourth-order valence-corrected chi connectivity index (χ4v) is 23.6. The van der Waals surface area contributed by atoms with Gasteiger partial charge in [0.2, 0.25) is 0 Å². The van der Waals surface area contributed by atoms with Crippen molar-refractivity contribution in [3.8, 4) is 77.9 Å². The highest BCUT2D eigenvalue weighted by molar-refractivity contribution is 6.30. The second-order valence-corrected chi connectivity index (χ2v) is 38.2. The van der Waals surface area contributed by atoms with Crippen LogP contribution in [0.4, 0.5) is 0 Å². The van der Waals surface area contributed by atoms with Crippen molar-refractivity contribution in [3.63, 3.8) is 0 Å². The molecule has 0 aliphatic carbocycles. The van der Waals surface area contributed by atoms with Gasteiger partial charge in [0.25, 0.3) is 0 Å². The first kappa shape index (κ1) is 80.8. The average molecular weight is 1830 g/mol. The number of para-hydroxylation sites is 3. The summed E-state index contributed by atoms with van der Waals surface area (Å²) in [6.45, 7) is 0. The molecule has 0 aliphatic rings. The largest absolute Gasteiger partial charge is 0.292 e. The summed E-state index contributed by atoms with van der Waals surface area (Å²) in [7, 11) is 0. The molecule has 8 aromatic heterocycles. The lowest BCUT2D eigenvalue weighted by atomic mass is 9.91. The third-order valence-electron chi connectivity index (χ3n) is 30.3. The van der Waals surface area contributed by atoms with Crippen molar-refractivity contribution in [1.29, 1.82) is 0 Å². The highest BCUT2D eigenvalue weighted by atomic mass is 15.0. The minimum absolute atomic E-state index is 0.988. The molecule has 0 fully saturated rings. The van der Waals surface area contributed by atoms with Gasteiger partial charge in [0.1, 0.15) is 22.6 Å². The normalized spacial score (nSPS) is 12.0. The van der Waals surface area contributed by atoms with Gasteiger partial charge in [-0.25, -0.2) is 19.9 Å². The number of imidazole rings is 4. The van der Waals surface area contributed by atoms with Gasteiger partial charge in [0, 0.05) is 59.2 Å². The van der Waals surface area contributed by atoms with Crippen molar-refractivity contribution in [1.82, 2.24) is 37.5 Å². The summed E-state index contributed by atoms with van der Waals surface area (Å²) in [5, 5.41) is 28.9. The molecule has 32 rings (SSSR count). The Morgan fingerprint density at radius 2 is 0.410 bits per heavy atom. The second-order valence-electron chi connectivity index (χ2n) is 38.2. The van der Waals surface area contributed by atoms with E-state index in [0.29, 0.717) is 0 Å². The predicted octanol–water partition coefficient (Wildman–Crippen LogP) is 36.1. The number of pyridine rings is 4. The first-order valence-corrected chi connectivity index (χ1v) is 49.4. The van der Waals surface area contributed by atoms with Crippen LogP contribution in [0.15, 0.2) is 497 Å². The van der Waals surface area contributed by atoms with Crippen molar-refractivity contribution >= 4 is 218 Å². The first-order valence-electron chi connectivity index (χ1n) is 49.4. The van der Waals surface area contributed by atoms with E-state index in [2.05, 4.69) is 515 Å². The predicted molar refractivity (Wildman–Crippen MR) is 607 cm³/mol. The van der Waals surface area contributed by atoms with Gasteiger partial charge in [0.15, 0.2) is 0 Å². The van der Waals surface area contributed by atoms with Gasteiger partial charge >= 0.3 is 0 Å². The van der Waals surface area contributed by atoms with Crippen molar-refractivity contribution < 1.29 is 0 Å². The van der Waals surface area contributed by atoms with E-state index in [0.717, 1.165) is 94.2 Å². The molecule has 144 heavy (non-hydrogen) atoms. The number of hydrogen-bond donors (Lipinski definition) is 0. The number of fused-ring (bicyclic) bond motifs is 44. The van der Waals surface area contributed by atoms with Gasteiger partial charge < -0.3 is 0 Å². The van der Waals surface area contributed by atoms with Gasteiger partial charge in [-0.15, -0.1) is 0 Å². The van der Waals surface area contributed by atoms with Crippen LogP contribution in [0, 0.1) is 0 Å². The van der Waals surface area contributed by atoms with E-state index in [4.69, 9.17) is 19.9 Å². The number of rotatable bonds is 7. The fraction of sp³-hybridized carbons (Fsp3) is 0. The van der Waals surface area contributed by atoms with E-state index in [1.807, 2.05) is 0 Å². The number of hydrogen-bond acceptors (Lipinski definition) is 4. The Bertz CT molecular complexity index is 11000. The van der Waals surface area contributed by atoms with Crippen LogP contribution in [0.1, 0.15) is 0 Å². The molecule has 24 aromatic carbocycles. The third kappa shape index (κ3) is 12.6. The fourth-order valence-electron chi connectivity index (χ4n) is 23.6. The summed E-state index contributed by atoms with van der Waals surface area (Å²) in [5.74, 6) is 0. The number of benzene rings is 24. The quantitative estimate of drug-likeness (QED) is 0.149. The van der Waals surface area contributed by atoms with E-state index in [1.54, 1.807) is 0 Å². The Labute approximate surface area is 825 Å². The maximum absolute atomic E-state index is 5.48. The monoisotopic (exact) mass is 1830 g/mol. The van der Waals surface area contributed by atoms with E-state index in [-0.39, 0.29) is 0 Å². The molecule has 0 saturated carbocycles. The molecule has 0 N–H and O–H groups in total. The second kappa shape index (κ2) is 32.2. The topological polar surface area (TPSA) is 69.2 Å². The van der Waals surface area contributed by atoms with Crippen molar-refractivity contribution in [2.24, 2.45) is 0 Å². The van der Waals surface area contributed by atoms with Crippen LogP contribution in [0.5, 0.6) is 0 Å². The minimum Gasteiger partial charge on any atom is -0.292 e. The molecule has 8 nitrogen and oxygen atoms in total. The van der Waals surface area contributed by atoms with Crippen LogP contribution in [0.3, 0.4) is 0 Å². The Morgan fingerprint density at radius 1 is 0.125 bits per heavy atom. The molecule has 0 radical (unpaired) electrons. The highest BCUT2D eigenvalue weighted by Gasteiger charge is 2.26. The molecule has 0 spiro atoms. The van der Waals surface area contributed by atoms with Crippen molar-refractivity contribution in [2.45, 2.75) is 0 Å². The van der Waals surface area contributed by atoms with E-state index >= 15 is 0 Å². The summed E-state index contributed by atoms with van der Waals surface area (Å²) in [6, 6.07) is 180. The van der Waals surface area contributed by atoms with E-state index < -0.39 is 0 Å². The molecule has 8 heterocycles. The molecule has 0 bridgehead atoms. The summed E-state index contributed by atoms with van der Waals surface area (Å²) < 4.78 is 9.50. The maximum atomic E-state index is 5.48. The van der Waals surface area contributed by atoms with Crippen LogP contribution in [-0.2, 0) is 0 Å². The van der Waals surface area contributed by atoms with Crippen LogP contribution < -0.4 is 0 Å². The lowest BCUT2D eigenvalue weighted by molar-refractivity contribution is 1.31. The minimum atomic E-state index is 0.988. The lowest BCUT2D eigenvalue weighted by Gasteiger charge is -2.16. The van der Waals surface area contributed by atoms with Crippen LogP contribution >= 0.6 is 0 Å². The van der Waals surface area contributed by atoms with Crippen LogP contribution in [0.25, 0.3) is 296 Å². The van der Waals surface area contributed by atoms with Gasteiger partial charge in [-0.2, -0.15) is 0 Å². The molecule has 0 atom stereocenters. The van der Waals surface area contributed by atoms with Gasteiger partial charge in [-0.1, -0.05) is 406 Å². The van der Waals surface area contributed by atoms with Gasteiger partial charge in [-0.05, 0) is 239 Å². The molecule has 0 amide bonds. The summed E-state index contributed by atoms with van der Waals surface area (Å²) in [6.07, 6.45) is 0. The molecule has 0 unspecified atom stereocenters. The number of aromatic nitrogens is 8. The maximum Gasteiger partial charge on any atom is 0.147 e. The van der Waals surface area contributed by atoms with E-state index in [1.165, 1.54) is 202 Å². The summed E-state index contributed by atoms with van der Waals surface area (Å²) >= 11 is 0. The average Bonchev–Trinajstić information content (AvgIpc) is 1.51. The Morgan fingerprint density at radius 3 is 0.882 bits per heavy atom. The van der Waals surface area contributed by atoms with Gasteiger partial charge in [0.05, 0.1) is 66.2 Å². The zero-order valence-electron chi connectivity index (χ0n) is 77.9. The molecular formula is C136H82N8. The lowest BCUT2D eigenvalue weighted by Crippen LogP contribution is -1.94. The number of nitrogens with zero attached hydrogens (tertiary/aromatic N) is 8. The van der Waals surface area contributed by atoms with Gasteiger partial charge in [-0.3, -0.25) is 17.6 Å². The Hall–Kier alpha value is -19.3. The van der Waals surface area contributed by atoms with E-state index in [9.17, 15) is 0 Å². The van der Waals surface area contributed by atoms with Crippen molar-refractivity contribution in [3.05, 3.63) is 497 Å². The zero-order chi connectivity index (χ0) is 94.3. The first-order chi connectivity index (χ1) is 71.4.